The van der Waals surface area contributed by atoms with Crippen LogP contribution < -0.4 is 20.2 Å². The second-order valence-corrected chi connectivity index (χ2v) is 10.5. The van der Waals surface area contributed by atoms with E-state index >= 15 is 0 Å². The van der Waals surface area contributed by atoms with Gasteiger partial charge in [-0.2, -0.15) is 5.10 Å². The van der Waals surface area contributed by atoms with Gasteiger partial charge in [0.2, 0.25) is 0 Å². The van der Waals surface area contributed by atoms with Gasteiger partial charge in [0.1, 0.15) is 6.04 Å². The molecule has 4 heterocycles. The van der Waals surface area contributed by atoms with Crippen molar-refractivity contribution in [1.82, 2.24) is 14.8 Å². The van der Waals surface area contributed by atoms with Gasteiger partial charge in [0.25, 0.3) is 11.5 Å². The molecule has 3 aromatic heterocycles. The van der Waals surface area contributed by atoms with Crippen LogP contribution in [0.15, 0.2) is 105 Å². The second-order valence-electron chi connectivity index (χ2n) is 8.48. The molecule has 0 unspecified atom stereocenters. The minimum Gasteiger partial charge on any atom is -0.322 e. The molecule has 0 radical (unpaired) electrons. The highest BCUT2D eigenvalue weighted by atomic mass is 32.1. The molecule has 0 spiro atoms. The summed E-state index contributed by atoms with van der Waals surface area (Å²) in [6, 6.07) is 22.4. The number of para-hydroxylation sites is 1. The first kappa shape index (κ1) is 23.1. The number of aromatic amines is 1. The number of carbonyl (C=O) groups is 1. The SMILES string of the molecule is CC1=C(C(=O)Nc2ccccc2)[C@H](c2cccs2)n2c(s/c(=C/c3cn[nH]c3-c3ccccc3)c2=O)=N1. The molecule has 1 aliphatic rings. The molecule has 37 heavy (non-hydrogen) atoms. The number of thiophene rings is 1. The quantitative estimate of drug-likeness (QED) is 0.359. The monoisotopic (exact) mass is 523 g/mol. The lowest BCUT2D eigenvalue weighted by Gasteiger charge is -2.24. The van der Waals surface area contributed by atoms with E-state index in [0.29, 0.717) is 26.3 Å². The number of anilines is 1. The second kappa shape index (κ2) is 9.61. The number of benzene rings is 2. The van der Waals surface area contributed by atoms with Crippen LogP contribution in [0, 0.1) is 0 Å². The first-order valence-electron chi connectivity index (χ1n) is 11.6. The van der Waals surface area contributed by atoms with E-state index in [1.807, 2.05) is 91.2 Å². The maximum absolute atomic E-state index is 13.8. The average Bonchev–Trinajstić information content (AvgIpc) is 3.66. The predicted octanol–water partition coefficient (Wildman–Crippen LogP) is 4.33. The Labute approximate surface area is 219 Å². The number of hydrogen-bond donors (Lipinski definition) is 2. The van der Waals surface area contributed by atoms with Crippen LogP contribution in [-0.4, -0.2) is 20.7 Å². The minimum absolute atomic E-state index is 0.195. The highest BCUT2D eigenvalue weighted by Crippen LogP contribution is 2.33. The van der Waals surface area contributed by atoms with Crippen LogP contribution >= 0.6 is 22.7 Å². The number of amides is 1. The van der Waals surface area contributed by atoms with Gasteiger partial charge >= 0.3 is 0 Å². The van der Waals surface area contributed by atoms with Crippen LogP contribution in [0.4, 0.5) is 5.69 Å². The molecule has 182 valence electrons. The number of allylic oxidation sites excluding steroid dienone is 1. The van der Waals surface area contributed by atoms with E-state index in [2.05, 4.69) is 15.5 Å². The Hall–Kier alpha value is -4.34. The van der Waals surface area contributed by atoms with Crippen LogP contribution in [0.1, 0.15) is 23.4 Å². The molecule has 1 atom stereocenters. The predicted molar refractivity (Wildman–Crippen MR) is 147 cm³/mol. The molecule has 5 aromatic rings. The number of thiazole rings is 1. The Kier molecular flexibility index (Phi) is 5.99. The lowest BCUT2D eigenvalue weighted by Crippen LogP contribution is -2.40. The fourth-order valence-electron chi connectivity index (χ4n) is 4.43. The van der Waals surface area contributed by atoms with E-state index in [1.54, 1.807) is 10.8 Å². The van der Waals surface area contributed by atoms with Gasteiger partial charge in [0, 0.05) is 21.7 Å². The fourth-order valence-corrected chi connectivity index (χ4v) is 6.29. The molecule has 0 fully saturated rings. The number of fused-ring (bicyclic) bond motifs is 1. The van der Waals surface area contributed by atoms with Gasteiger partial charge in [0.05, 0.1) is 27.7 Å². The number of nitrogens with zero attached hydrogens (tertiary/aromatic N) is 3. The molecule has 7 nitrogen and oxygen atoms in total. The van der Waals surface area contributed by atoms with Gasteiger partial charge in [0.15, 0.2) is 4.80 Å². The van der Waals surface area contributed by atoms with E-state index < -0.39 is 6.04 Å². The molecule has 1 aliphatic heterocycles. The number of carbonyl (C=O) groups excluding carboxylic acids is 1. The Bertz CT molecular complexity index is 1800. The molecule has 1 amide bonds. The molecule has 0 saturated heterocycles. The lowest BCUT2D eigenvalue weighted by molar-refractivity contribution is -0.113. The molecular weight excluding hydrogens is 502 g/mol. The lowest BCUT2D eigenvalue weighted by atomic mass is 10.0. The molecule has 0 aliphatic carbocycles. The smallest absolute Gasteiger partial charge is 0.271 e. The topological polar surface area (TPSA) is 92.1 Å². The summed E-state index contributed by atoms with van der Waals surface area (Å²) < 4.78 is 2.16. The van der Waals surface area contributed by atoms with Gasteiger partial charge < -0.3 is 5.32 Å². The van der Waals surface area contributed by atoms with E-state index in [-0.39, 0.29) is 11.5 Å². The normalized spacial score (nSPS) is 15.4. The third kappa shape index (κ3) is 4.28. The zero-order chi connectivity index (χ0) is 25.4. The Morgan fingerprint density at radius 3 is 2.54 bits per heavy atom. The van der Waals surface area contributed by atoms with Gasteiger partial charge in [-0.1, -0.05) is 65.9 Å². The van der Waals surface area contributed by atoms with Crippen molar-refractivity contribution in [3.8, 4) is 11.3 Å². The van der Waals surface area contributed by atoms with Crippen molar-refractivity contribution in [2.75, 3.05) is 5.32 Å². The molecule has 0 saturated carbocycles. The summed E-state index contributed by atoms with van der Waals surface area (Å²) in [5, 5.41) is 12.2. The van der Waals surface area contributed by atoms with Crippen molar-refractivity contribution in [3.63, 3.8) is 0 Å². The van der Waals surface area contributed by atoms with Crippen molar-refractivity contribution in [3.05, 3.63) is 126 Å². The Balaban J connectivity index is 1.48. The highest BCUT2D eigenvalue weighted by Gasteiger charge is 2.33. The van der Waals surface area contributed by atoms with E-state index in [4.69, 9.17) is 4.99 Å². The van der Waals surface area contributed by atoms with E-state index in [0.717, 1.165) is 21.7 Å². The van der Waals surface area contributed by atoms with Gasteiger partial charge in [-0.25, -0.2) is 4.99 Å². The zero-order valence-corrected chi connectivity index (χ0v) is 21.3. The van der Waals surface area contributed by atoms with E-state index in [9.17, 15) is 9.59 Å². The molecule has 2 aromatic carbocycles. The summed E-state index contributed by atoms with van der Waals surface area (Å²) in [5.74, 6) is -0.277. The van der Waals surface area contributed by atoms with E-state index in [1.165, 1.54) is 22.7 Å². The van der Waals surface area contributed by atoms with Crippen molar-refractivity contribution in [1.29, 1.82) is 0 Å². The summed E-state index contributed by atoms with van der Waals surface area (Å²) in [5.41, 5.74) is 4.16. The number of H-pyrrole nitrogens is 1. The molecule has 0 bridgehead atoms. The first-order chi connectivity index (χ1) is 18.1. The van der Waals surface area contributed by atoms with Crippen LogP contribution in [0.2, 0.25) is 0 Å². The summed E-state index contributed by atoms with van der Waals surface area (Å²) in [7, 11) is 0. The van der Waals surface area contributed by atoms with Crippen LogP contribution in [-0.2, 0) is 4.79 Å². The summed E-state index contributed by atoms with van der Waals surface area (Å²) in [6.45, 7) is 1.82. The molecular formula is C28H21N5O2S2. The summed E-state index contributed by atoms with van der Waals surface area (Å²) in [4.78, 5) is 33.5. The maximum atomic E-state index is 13.8. The van der Waals surface area contributed by atoms with Crippen molar-refractivity contribution < 1.29 is 4.79 Å². The third-order valence-corrected chi connectivity index (χ3v) is 8.04. The number of hydrogen-bond acceptors (Lipinski definition) is 6. The van der Waals surface area contributed by atoms with Crippen LogP contribution in [0.5, 0.6) is 0 Å². The van der Waals surface area contributed by atoms with Crippen LogP contribution in [0.25, 0.3) is 17.3 Å². The van der Waals surface area contributed by atoms with Crippen LogP contribution in [0.3, 0.4) is 0 Å². The molecule has 9 heteroatoms. The van der Waals surface area contributed by atoms with Gasteiger partial charge in [-0.3, -0.25) is 19.3 Å². The minimum atomic E-state index is -0.569. The van der Waals surface area contributed by atoms with Gasteiger partial charge in [-0.15, -0.1) is 11.3 Å². The van der Waals surface area contributed by atoms with Crippen molar-refractivity contribution >= 4 is 40.3 Å². The molecule has 6 rings (SSSR count). The van der Waals surface area contributed by atoms with Crippen molar-refractivity contribution in [2.45, 2.75) is 13.0 Å². The average molecular weight is 524 g/mol. The largest absolute Gasteiger partial charge is 0.322 e. The maximum Gasteiger partial charge on any atom is 0.271 e. The zero-order valence-electron chi connectivity index (χ0n) is 19.7. The Morgan fingerprint density at radius 2 is 1.81 bits per heavy atom. The third-order valence-electron chi connectivity index (χ3n) is 6.13. The van der Waals surface area contributed by atoms with Gasteiger partial charge in [-0.05, 0) is 36.6 Å². The number of rotatable bonds is 5. The summed E-state index contributed by atoms with van der Waals surface area (Å²) in [6.07, 6.45) is 3.55. The standard InChI is InChI=1S/C28H21N5O2S2/c1-17-23(26(34)31-20-11-6-3-7-12-20)25(21-13-8-14-36-21)33-27(35)22(37-28(33)30-17)15-19-16-29-32-24(19)18-9-4-2-5-10-18/h2-16,25H,1H3,(H,29,32)(H,31,34)/b22-15+/t25-/m0/s1. The number of nitrogens with one attached hydrogen (secondary N) is 2. The highest BCUT2D eigenvalue weighted by molar-refractivity contribution is 7.10. The fraction of sp³-hybridized carbons (Fsp3) is 0.0714. The summed E-state index contributed by atoms with van der Waals surface area (Å²) >= 11 is 2.82. The Morgan fingerprint density at radius 1 is 1.05 bits per heavy atom. The number of aromatic nitrogens is 3. The first-order valence-corrected chi connectivity index (χ1v) is 13.3. The van der Waals surface area contributed by atoms with Crippen molar-refractivity contribution in [2.24, 2.45) is 4.99 Å². The molecule has 2 N–H and O–H groups in total.